The van der Waals surface area contributed by atoms with Crippen molar-refractivity contribution in [3.8, 4) is 5.75 Å². The van der Waals surface area contributed by atoms with Gasteiger partial charge in [0, 0.05) is 18.0 Å². The van der Waals surface area contributed by atoms with E-state index in [0.717, 1.165) is 24.8 Å². The highest BCUT2D eigenvalue weighted by atomic mass is 32.1. The Bertz CT molecular complexity index is 1110. The van der Waals surface area contributed by atoms with E-state index in [1.54, 1.807) is 40.5 Å². The molecule has 0 spiro atoms. The zero-order valence-corrected chi connectivity index (χ0v) is 18.9. The van der Waals surface area contributed by atoms with Gasteiger partial charge < -0.3 is 19.0 Å². The molecule has 2 aliphatic rings. The topological polar surface area (TPSA) is 63.0 Å². The van der Waals surface area contributed by atoms with Crippen molar-refractivity contribution >= 4 is 23.2 Å². The number of carbonyl (C=O) groups is 2. The Morgan fingerprint density at radius 1 is 1.18 bits per heavy atom. The number of furan rings is 1. The fourth-order valence-corrected chi connectivity index (χ4v) is 5.15. The van der Waals surface area contributed by atoms with Crippen LogP contribution in [0.4, 0.5) is 4.39 Å². The molecule has 2 aromatic heterocycles. The normalized spacial score (nSPS) is 17.5. The summed E-state index contributed by atoms with van der Waals surface area (Å²) in [7, 11) is 0. The summed E-state index contributed by atoms with van der Waals surface area (Å²) in [5.41, 5.74) is 1.08. The van der Waals surface area contributed by atoms with Crippen molar-refractivity contribution in [3.05, 3.63) is 76.1 Å². The Hall–Kier alpha value is -3.13. The Kier molecular flexibility index (Phi) is 6.17. The molecule has 5 rings (SSSR count). The van der Waals surface area contributed by atoms with E-state index in [0.29, 0.717) is 24.8 Å². The smallest absolute Gasteiger partial charge is 0.290 e. The van der Waals surface area contributed by atoms with Crippen LogP contribution in [0.1, 0.15) is 39.9 Å². The number of benzene rings is 1. The largest absolute Gasteiger partial charge is 0.491 e. The van der Waals surface area contributed by atoms with Gasteiger partial charge in [0.05, 0.1) is 12.3 Å². The second kappa shape index (κ2) is 9.39. The molecule has 3 heterocycles. The van der Waals surface area contributed by atoms with Gasteiger partial charge in [0.25, 0.3) is 5.91 Å². The van der Waals surface area contributed by atoms with Crippen LogP contribution in [0.5, 0.6) is 5.75 Å². The van der Waals surface area contributed by atoms with Crippen LogP contribution in [0, 0.1) is 11.7 Å². The first-order valence-electron chi connectivity index (χ1n) is 11.2. The summed E-state index contributed by atoms with van der Waals surface area (Å²) in [5, 5.41) is 2.03. The maximum absolute atomic E-state index is 13.5. The van der Waals surface area contributed by atoms with E-state index < -0.39 is 0 Å². The summed E-state index contributed by atoms with van der Waals surface area (Å²) in [6, 6.07) is 10.9. The molecule has 2 amide bonds. The van der Waals surface area contributed by atoms with E-state index in [1.807, 2.05) is 16.3 Å². The Morgan fingerprint density at radius 2 is 2.00 bits per heavy atom. The summed E-state index contributed by atoms with van der Waals surface area (Å²) in [4.78, 5) is 31.1. The molecule has 3 aromatic rings. The fourth-order valence-electron chi connectivity index (χ4n) is 4.22. The SMILES string of the molecule is O=C(c1ccco1)N(CC(=O)N1CCc2sccc2C1COc1ccc(F)cc1)CC1CC1. The summed E-state index contributed by atoms with van der Waals surface area (Å²) < 4.78 is 24.5. The highest BCUT2D eigenvalue weighted by Gasteiger charge is 2.35. The van der Waals surface area contributed by atoms with Gasteiger partial charge in [-0.3, -0.25) is 9.59 Å². The molecule has 172 valence electrons. The van der Waals surface area contributed by atoms with Gasteiger partial charge in [-0.25, -0.2) is 4.39 Å². The van der Waals surface area contributed by atoms with Crippen molar-refractivity contribution in [2.24, 2.45) is 5.92 Å². The number of hydrogen-bond donors (Lipinski definition) is 0. The third-order valence-electron chi connectivity index (χ3n) is 6.16. The number of carbonyl (C=O) groups excluding carboxylic acids is 2. The number of hydrogen-bond acceptors (Lipinski definition) is 5. The van der Waals surface area contributed by atoms with Gasteiger partial charge in [-0.15, -0.1) is 11.3 Å². The molecule has 33 heavy (non-hydrogen) atoms. The molecule has 0 bridgehead atoms. The van der Waals surface area contributed by atoms with E-state index >= 15 is 0 Å². The Balaban J connectivity index is 1.33. The van der Waals surface area contributed by atoms with Crippen molar-refractivity contribution < 1.29 is 23.1 Å². The molecule has 1 aliphatic carbocycles. The summed E-state index contributed by atoms with van der Waals surface area (Å²) in [5.74, 6) is 0.550. The molecule has 1 atom stereocenters. The highest BCUT2D eigenvalue weighted by molar-refractivity contribution is 7.10. The van der Waals surface area contributed by atoms with Crippen molar-refractivity contribution in [3.63, 3.8) is 0 Å². The van der Waals surface area contributed by atoms with Crippen LogP contribution >= 0.6 is 11.3 Å². The number of nitrogens with zero attached hydrogens (tertiary/aromatic N) is 2. The minimum Gasteiger partial charge on any atom is -0.491 e. The van der Waals surface area contributed by atoms with E-state index in [2.05, 4.69) is 0 Å². The lowest BCUT2D eigenvalue weighted by Crippen LogP contribution is -2.48. The summed E-state index contributed by atoms with van der Waals surface area (Å²) in [6.07, 6.45) is 4.40. The average Bonchev–Trinajstić information content (AvgIpc) is 3.27. The first-order chi connectivity index (χ1) is 16.1. The minimum atomic E-state index is -0.325. The third kappa shape index (κ3) is 4.95. The first kappa shape index (κ1) is 21.7. The molecule has 6 nitrogen and oxygen atoms in total. The highest BCUT2D eigenvalue weighted by Crippen LogP contribution is 2.35. The van der Waals surface area contributed by atoms with Gasteiger partial charge >= 0.3 is 0 Å². The maximum atomic E-state index is 13.5. The second-order valence-corrected chi connectivity index (χ2v) is 9.52. The second-order valence-electron chi connectivity index (χ2n) is 8.52. The van der Waals surface area contributed by atoms with Gasteiger partial charge in [-0.2, -0.15) is 0 Å². The van der Waals surface area contributed by atoms with Crippen LogP contribution in [-0.4, -0.2) is 47.9 Å². The molecule has 1 fully saturated rings. The molecule has 0 saturated heterocycles. The summed E-state index contributed by atoms with van der Waals surface area (Å²) >= 11 is 1.68. The molecule has 0 N–H and O–H groups in total. The van der Waals surface area contributed by atoms with Gasteiger partial charge in [-0.05, 0) is 78.6 Å². The summed E-state index contributed by atoms with van der Waals surface area (Å²) in [6.45, 7) is 1.38. The number of rotatable bonds is 8. The third-order valence-corrected chi connectivity index (χ3v) is 7.15. The lowest BCUT2D eigenvalue weighted by Gasteiger charge is -2.37. The minimum absolute atomic E-state index is 0.00253. The van der Waals surface area contributed by atoms with Crippen LogP contribution in [0.25, 0.3) is 0 Å². The molecule has 1 unspecified atom stereocenters. The molecule has 1 saturated carbocycles. The zero-order valence-electron chi connectivity index (χ0n) is 18.1. The van der Waals surface area contributed by atoms with E-state index in [4.69, 9.17) is 9.15 Å². The van der Waals surface area contributed by atoms with E-state index in [9.17, 15) is 14.0 Å². The number of amides is 2. The van der Waals surface area contributed by atoms with Crippen LogP contribution < -0.4 is 4.74 Å². The number of ether oxygens (including phenoxy) is 1. The van der Waals surface area contributed by atoms with Gasteiger partial charge in [0.15, 0.2) is 5.76 Å². The first-order valence-corrected chi connectivity index (χ1v) is 12.0. The zero-order chi connectivity index (χ0) is 22.8. The predicted octanol–water partition coefficient (Wildman–Crippen LogP) is 4.54. The lowest BCUT2D eigenvalue weighted by molar-refractivity contribution is -0.135. The molecular weight excluding hydrogens is 443 g/mol. The van der Waals surface area contributed by atoms with Crippen LogP contribution in [0.3, 0.4) is 0 Å². The standard InChI is InChI=1S/C25H25FN2O4S/c26-18-5-7-19(8-6-18)32-16-21-20-10-13-33-23(20)9-11-28(21)24(29)15-27(14-17-3-4-17)25(30)22-2-1-12-31-22/h1-2,5-8,10,12-13,17,21H,3-4,9,11,14-16H2. The van der Waals surface area contributed by atoms with Crippen molar-refractivity contribution in [2.45, 2.75) is 25.3 Å². The molecule has 1 aromatic carbocycles. The average molecular weight is 469 g/mol. The fraction of sp³-hybridized carbons (Fsp3) is 0.360. The van der Waals surface area contributed by atoms with Crippen LogP contribution in [-0.2, 0) is 11.2 Å². The van der Waals surface area contributed by atoms with Crippen LogP contribution in [0.15, 0.2) is 58.5 Å². The Morgan fingerprint density at radius 3 is 2.73 bits per heavy atom. The molecule has 1 aliphatic heterocycles. The van der Waals surface area contributed by atoms with Gasteiger partial charge in [-0.1, -0.05) is 0 Å². The number of halogens is 1. The van der Waals surface area contributed by atoms with Gasteiger partial charge in [0.2, 0.25) is 5.91 Å². The molecule has 8 heteroatoms. The number of fused-ring (bicyclic) bond motifs is 1. The maximum Gasteiger partial charge on any atom is 0.290 e. The van der Waals surface area contributed by atoms with Crippen LogP contribution in [0.2, 0.25) is 0 Å². The number of thiophene rings is 1. The van der Waals surface area contributed by atoms with Crippen molar-refractivity contribution in [2.75, 3.05) is 26.2 Å². The monoisotopic (exact) mass is 468 g/mol. The lowest BCUT2D eigenvalue weighted by atomic mass is 10.0. The molecular formula is C25H25FN2O4S. The predicted molar refractivity (Wildman–Crippen MR) is 122 cm³/mol. The van der Waals surface area contributed by atoms with E-state index in [-0.39, 0.29) is 42.6 Å². The Labute approximate surface area is 195 Å². The van der Waals surface area contributed by atoms with Gasteiger partial charge in [0.1, 0.15) is 24.7 Å². The van der Waals surface area contributed by atoms with E-state index in [1.165, 1.54) is 23.3 Å². The molecule has 0 radical (unpaired) electrons. The quantitative estimate of drug-likeness (QED) is 0.487. The van der Waals surface area contributed by atoms with Crippen molar-refractivity contribution in [1.29, 1.82) is 0 Å². The van der Waals surface area contributed by atoms with Crippen molar-refractivity contribution in [1.82, 2.24) is 9.80 Å².